The van der Waals surface area contributed by atoms with Crippen molar-refractivity contribution in [3.05, 3.63) is 64.7 Å². The first-order valence-corrected chi connectivity index (χ1v) is 8.06. The summed E-state index contributed by atoms with van der Waals surface area (Å²) >= 11 is 6.25. The van der Waals surface area contributed by atoms with Gasteiger partial charge in [0.25, 0.3) is 0 Å². The van der Waals surface area contributed by atoms with E-state index in [2.05, 4.69) is 9.98 Å². The lowest BCUT2D eigenvalue weighted by Gasteiger charge is -2.38. The van der Waals surface area contributed by atoms with Gasteiger partial charge in [-0.05, 0) is 32.0 Å². The molecular formula is C18H19Cl2N5O. The van der Waals surface area contributed by atoms with Gasteiger partial charge in [-0.1, -0.05) is 41.9 Å². The summed E-state index contributed by atoms with van der Waals surface area (Å²) in [4.78, 5) is 22.8. The molecule has 136 valence electrons. The molecule has 0 saturated carbocycles. The van der Waals surface area contributed by atoms with Gasteiger partial charge in [-0.25, -0.2) is 4.99 Å². The molecule has 1 aliphatic rings. The second-order valence-corrected chi connectivity index (χ2v) is 6.60. The first-order chi connectivity index (χ1) is 11.8. The fourth-order valence-corrected chi connectivity index (χ4v) is 3.07. The lowest BCUT2D eigenvalue weighted by molar-refractivity contribution is 0.103. The number of rotatable bonds is 3. The van der Waals surface area contributed by atoms with E-state index < -0.39 is 5.66 Å². The highest BCUT2D eigenvalue weighted by atomic mass is 35.5. The van der Waals surface area contributed by atoms with Crippen LogP contribution in [0.4, 0.5) is 5.69 Å². The number of anilines is 1. The van der Waals surface area contributed by atoms with Gasteiger partial charge in [0, 0.05) is 21.8 Å². The third-order valence-corrected chi connectivity index (χ3v) is 4.05. The van der Waals surface area contributed by atoms with Gasteiger partial charge in [0.2, 0.25) is 11.9 Å². The predicted octanol–water partition coefficient (Wildman–Crippen LogP) is 3.18. The van der Waals surface area contributed by atoms with Gasteiger partial charge in [0.1, 0.15) is 5.66 Å². The highest BCUT2D eigenvalue weighted by Gasteiger charge is 2.33. The Morgan fingerprint density at radius 1 is 1.08 bits per heavy atom. The van der Waals surface area contributed by atoms with Crippen molar-refractivity contribution in [3.63, 3.8) is 0 Å². The number of ketones is 1. The SMILES string of the molecule is CC1(C)N=C(N)N=C(N)N1c1cc(Cl)cc(C(=O)c2ccccc2)c1.Cl. The molecule has 0 aromatic heterocycles. The number of aliphatic imine (C=N–C) groups is 2. The number of nitrogens with two attached hydrogens (primary N) is 2. The maximum absolute atomic E-state index is 12.7. The quantitative estimate of drug-likeness (QED) is 0.784. The van der Waals surface area contributed by atoms with Crippen LogP contribution in [0, 0.1) is 0 Å². The molecule has 0 amide bonds. The van der Waals surface area contributed by atoms with Crippen LogP contribution >= 0.6 is 24.0 Å². The Balaban J connectivity index is 0.00000243. The monoisotopic (exact) mass is 391 g/mol. The van der Waals surface area contributed by atoms with E-state index in [9.17, 15) is 4.79 Å². The molecule has 0 atom stereocenters. The van der Waals surface area contributed by atoms with Gasteiger partial charge in [-0.15, -0.1) is 12.4 Å². The van der Waals surface area contributed by atoms with Crippen LogP contribution in [-0.4, -0.2) is 23.4 Å². The Hall–Kier alpha value is -2.57. The van der Waals surface area contributed by atoms with Crippen LogP contribution in [0.5, 0.6) is 0 Å². The Morgan fingerprint density at radius 2 is 1.73 bits per heavy atom. The van der Waals surface area contributed by atoms with E-state index in [1.165, 1.54) is 0 Å². The van der Waals surface area contributed by atoms with Crippen LogP contribution in [0.3, 0.4) is 0 Å². The van der Waals surface area contributed by atoms with Crippen molar-refractivity contribution in [3.8, 4) is 0 Å². The minimum atomic E-state index is -0.756. The van der Waals surface area contributed by atoms with Gasteiger partial charge in [0.15, 0.2) is 5.78 Å². The van der Waals surface area contributed by atoms with Crippen molar-refractivity contribution >= 4 is 47.4 Å². The molecule has 0 spiro atoms. The fraction of sp³-hybridized carbons (Fsp3) is 0.167. The van der Waals surface area contributed by atoms with E-state index in [0.29, 0.717) is 21.8 Å². The molecule has 0 radical (unpaired) electrons. The molecule has 2 aromatic carbocycles. The highest BCUT2D eigenvalue weighted by molar-refractivity contribution is 6.31. The average Bonchev–Trinajstić information content (AvgIpc) is 2.52. The molecular weight excluding hydrogens is 373 g/mol. The van der Waals surface area contributed by atoms with E-state index in [1.54, 1.807) is 35.2 Å². The number of hydrogen-bond donors (Lipinski definition) is 2. The highest BCUT2D eigenvalue weighted by Crippen LogP contribution is 2.31. The maximum atomic E-state index is 12.7. The van der Waals surface area contributed by atoms with Crippen LogP contribution in [0.15, 0.2) is 58.5 Å². The Kier molecular flexibility index (Phi) is 5.59. The molecule has 0 aliphatic carbocycles. The Morgan fingerprint density at radius 3 is 2.35 bits per heavy atom. The zero-order valence-corrected chi connectivity index (χ0v) is 15.9. The molecule has 4 N–H and O–H groups in total. The minimum Gasteiger partial charge on any atom is -0.369 e. The van der Waals surface area contributed by atoms with Gasteiger partial charge in [-0.2, -0.15) is 4.99 Å². The molecule has 6 nitrogen and oxygen atoms in total. The molecule has 8 heteroatoms. The van der Waals surface area contributed by atoms with Gasteiger partial charge in [-0.3, -0.25) is 9.69 Å². The van der Waals surface area contributed by atoms with E-state index in [1.807, 2.05) is 32.0 Å². The second kappa shape index (κ2) is 7.35. The van der Waals surface area contributed by atoms with Crippen LogP contribution in [-0.2, 0) is 0 Å². The number of hydrogen-bond acceptors (Lipinski definition) is 6. The summed E-state index contributed by atoms with van der Waals surface area (Å²) < 4.78 is 0. The fourth-order valence-electron chi connectivity index (χ4n) is 2.84. The summed E-state index contributed by atoms with van der Waals surface area (Å²) in [5.74, 6) is 0.178. The number of carbonyl (C=O) groups is 1. The predicted molar refractivity (Wildman–Crippen MR) is 108 cm³/mol. The van der Waals surface area contributed by atoms with Crippen LogP contribution in [0.1, 0.15) is 29.8 Å². The number of carbonyl (C=O) groups excluding carboxylic acids is 1. The first-order valence-electron chi connectivity index (χ1n) is 7.68. The van der Waals surface area contributed by atoms with Crippen molar-refractivity contribution in [2.24, 2.45) is 21.5 Å². The number of benzene rings is 2. The van der Waals surface area contributed by atoms with Crippen molar-refractivity contribution in [2.45, 2.75) is 19.5 Å². The van der Waals surface area contributed by atoms with E-state index in [4.69, 9.17) is 23.1 Å². The zero-order chi connectivity index (χ0) is 18.2. The lowest BCUT2D eigenvalue weighted by atomic mass is 10.0. The van der Waals surface area contributed by atoms with Gasteiger partial charge < -0.3 is 11.5 Å². The molecule has 0 saturated heterocycles. The largest absolute Gasteiger partial charge is 0.369 e. The maximum Gasteiger partial charge on any atom is 0.220 e. The van der Waals surface area contributed by atoms with E-state index in [0.717, 1.165) is 0 Å². The Labute approximate surface area is 163 Å². The summed E-state index contributed by atoms with van der Waals surface area (Å²) in [6.07, 6.45) is 0. The molecule has 0 unspecified atom stereocenters. The zero-order valence-electron chi connectivity index (χ0n) is 14.3. The third-order valence-electron chi connectivity index (χ3n) is 3.83. The molecule has 3 rings (SSSR count). The summed E-state index contributed by atoms with van der Waals surface area (Å²) in [6, 6.07) is 14.1. The number of nitrogens with zero attached hydrogens (tertiary/aromatic N) is 3. The second-order valence-electron chi connectivity index (χ2n) is 6.16. The van der Waals surface area contributed by atoms with Gasteiger partial charge >= 0.3 is 0 Å². The molecule has 2 aromatic rings. The lowest BCUT2D eigenvalue weighted by Crippen LogP contribution is -2.54. The van der Waals surface area contributed by atoms with E-state index in [-0.39, 0.29) is 30.1 Å². The van der Waals surface area contributed by atoms with Crippen molar-refractivity contribution in [1.82, 2.24) is 0 Å². The molecule has 1 heterocycles. The van der Waals surface area contributed by atoms with Gasteiger partial charge in [0.05, 0.1) is 0 Å². The van der Waals surface area contributed by atoms with Crippen LogP contribution < -0.4 is 16.4 Å². The van der Waals surface area contributed by atoms with Crippen molar-refractivity contribution in [2.75, 3.05) is 4.90 Å². The number of guanidine groups is 2. The summed E-state index contributed by atoms with van der Waals surface area (Å²) in [5, 5.41) is 0.419. The minimum absolute atomic E-state index is 0. The van der Waals surface area contributed by atoms with Crippen LogP contribution in [0.2, 0.25) is 5.02 Å². The summed E-state index contributed by atoms with van der Waals surface area (Å²) in [7, 11) is 0. The normalized spacial score (nSPS) is 15.6. The third kappa shape index (κ3) is 3.81. The molecule has 26 heavy (non-hydrogen) atoms. The summed E-state index contributed by atoms with van der Waals surface area (Å²) in [6.45, 7) is 3.70. The number of halogens is 2. The standard InChI is InChI=1S/C18H18ClN5O.ClH/c1-18(2)23-16(20)22-17(21)24(18)14-9-12(8-13(19)10-14)15(25)11-6-4-3-5-7-11;/h3-10H,1-2H3,(H4,20,21,22,23);1H. The summed E-state index contributed by atoms with van der Waals surface area (Å²) in [5.41, 5.74) is 12.7. The molecule has 0 bridgehead atoms. The average molecular weight is 392 g/mol. The topological polar surface area (TPSA) is 97.1 Å². The van der Waals surface area contributed by atoms with E-state index >= 15 is 0 Å². The Bertz CT molecular complexity index is 894. The molecule has 1 aliphatic heterocycles. The first kappa shape index (κ1) is 19.8. The van der Waals surface area contributed by atoms with Crippen molar-refractivity contribution < 1.29 is 4.79 Å². The molecule has 0 fully saturated rings. The van der Waals surface area contributed by atoms with Crippen molar-refractivity contribution in [1.29, 1.82) is 0 Å². The smallest absolute Gasteiger partial charge is 0.220 e. The van der Waals surface area contributed by atoms with Crippen LogP contribution in [0.25, 0.3) is 0 Å².